The first-order valence-corrected chi connectivity index (χ1v) is 10.6. The summed E-state index contributed by atoms with van der Waals surface area (Å²) in [6.07, 6.45) is 0.716. The van der Waals surface area contributed by atoms with Crippen molar-refractivity contribution in [3.63, 3.8) is 0 Å². The van der Waals surface area contributed by atoms with Gasteiger partial charge in [0.25, 0.3) is 5.91 Å². The lowest BCUT2D eigenvalue weighted by molar-refractivity contribution is 0.0963. The van der Waals surface area contributed by atoms with Gasteiger partial charge in [0.2, 0.25) is 0 Å². The van der Waals surface area contributed by atoms with Crippen molar-refractivity contribution in [3.8, 4) is 0 Å². The number of halogens is 3. The first kappa shape index (κ1) is 25.8. The predicted octanol–water partition coefficient (Wildman–Crippen LogP) is 3.27. The Bertz CT molecular complexity index is 932. The summed E-state index contributed by atoms with van der Waals surface area (Å²) < 4.78 is 27.6. The lowest BCUT2D eigenvalue weighted by Crippen LogP contribution is -2.52. The molecule has 2 N–H and O–H groups in total. The number of hydrogen-bond donors (Lipinski definition) is 2. The third-order valence-electron chi connectivity index (χ3n) is 5.24. The number of hydrogen-bond acceptors (Lipinski definition) is 3. The zero-order valence-corrected chi connectivity index (χ0v) is 20.7. The molecule has 0 spiro atoms. The van der Waals surface area contributed by atoms with E-state index in [-0.39, 0.29) is 29.9 Å². The van der Waals surface area contributed by atoms with Gasteiger partial charge in [-0.3, -0.25) is 9.79 Å². The van der Waals surface area contributed by atoms with Gasteiger partial charge in [0, 0.05) is 57.9 Å². The molecule has 0 bridgehead atoms. The number of anilines is 1. The molecule has 0 atom stereocenters. The van der Waals surface area contributed by atoms with Crippen LogP contribution in [0.25, 0.3) is 0 Å². The van der Waals surface area contributed by atoms with Gasteiger partial charge in [-0.1, -0.05) is 12.1 Å². The molecule has 1 amide bonds. The topological polar surface area (TPSA) is 60.0 Å². The molecule has 2 aromatic rings. The van der Waals surface area contributed by atoms with Gasteiger partial charge in [-0.2, -0.15) is 0 Å². The van der Waals surface area contributed by atoms with E-state index >= 15 is 0 Å². The Kier molecular flexibility index (Phi) is 10.1. The van der Waals surface area contributed by atoms with Crippen LogP contribution in [0.2, 0.25) is 0 Å². The predicted molar refractivity (Wildman–Crippen MR) is 135 cm³/mol. The first-order chi connectivity index (χ1) is 15.0. The molecule has 32 heavy (non-hydrogen) atoms. The second-order valence-electron chi connectivity index (χ2n) is 7.33. The maximum absolute atomic E-state index is 14.1. The monoisotopic (exact) mass is 557 g/mol. The van der Waals surface area contributed by atoms with Crippen LogP contribution in [-0.4, -0.2) is 63.1 Å². The number of aliphatic imine (C=N–C) groups is 1. The molecule has 0 aromatic heterocycles. The molecule has 6 nitrogen and oxygen atoms in total. The Hall–Kier alpha value is -2.43. The van der Waals surface area contributed by atoms with Crippen molar-refractivity contribution in [2.24, 2.45) is 4.99 Å². The number of benzene rings is 2. The van der Waals surface area contributed by atoms with Crippen LogP contribution in [0.1, 0.15) is 22.8 Å². The van der Waals surface area contributed by atoms with Crippen LogP contribution in [0.5, 0.6) is 0 Å². The third-order valence-corrected chi connectivity index (χ3v) is 5.24. The fourth-order valence-electron chi connectivity index (χ4n) is 3.62. The number of carbonyl (C=O) groups is 1. The highest BCUT2D eigenvalue weighted by atomic mass is 127. The summed E-state index contributed by atoms with van der Waals surface area (Å²) in [5, 5.41) is 5.94. The molecule has 9 heteroatoms. The van der Waals surface area contributed by atoms with Crippen molar-refractivity contribution in [3.05, 3.63) is 65.2 Å². The van der Waals surface area contributed by atoms with E-state index in [9.17, 15) is 13.6 Å². The molecule has 1 saturated heterocycles. The van der Waals surface area contributed by atoms with Gasteiger partial charge in [-0.25, -0.2) is 8.78 Å². The van der Waals surface area contributed by atoms with Crippen LogP contribution in [0.15, 0.2) is 47.5 Å². The molecule has 1 heterocycles. The van der Waals surface area contributed by atoms with E-state index < -0.39 is 11.6 Å². The summed E-state index contributed by atoms with van der Waals surface area (Å²) in [6, 6.07) is 11.1. The van der Waals surface area contributed by atoms with E-state index in [1.807, 2.05) is 30.0 Å². The summed E-state index contributed by atoms with van der Waals surface area (Å²) in [5.74, 6) is -0.140. The van der Waals surface area contributed by atoms with Gasteiger partial charge < -0.3 is 20.4 Å². The molecule has 2 aromatic carbocycles. The summed E-state index contributed by atoms with van der Waals surface area (Å²) in [7, 11) is 1.62. The molecule has 0 saturated carbocycles. The minimum Gasteiger partial charge on any atom is -0.366 e. The molecule has 1 fully saturated rings. The van der Waals surface area contributed by atoms with Gasteiger partial charge in [-0.05, 0) is 43.2 Å². The van der Waals surface area contributed by atoms with Gasteiger partial charge in [0.15, 0.2) is 5.96 Å². The Labute approximate surface area is 205 Å². The van der Waals surface area contributed by atoms with Crippen molar-refractivity contribution in [2.45, 2.75) is 13.3 Å². The zero-order valence-electron chi connectivity index (χ0n) is 18.4. The fourth-order valence-corrected chi connectivity index (χ4v) is 3.62. The fraction of sp³-hybridized carbons (Fsp3) is 0.391. The molecular weight excluding hydrogens is 527 g/mol. The van der Waals surface area contributed by atoms with Crippen LogP contribution in [-0.2, 0) is 6.42 Å². The number of guanidine groups is 1. The Morgan fingerprint density at radius 1 is 1.09 bits per heavy atom. The standard InChI is InChI=1S/C23H29F2N5O.HI/c1-3-27-23(28-10-9-17-5-4-6-18(15-17)22(31)26-2)30-13-11-29(12-14-30)21-16-19(24)7-8-20(21)25;/h4-8,15-16H,3,9-14H2,1-2H3,(H,26,31)(H,27,28);1H. The maximum atomic E-state index is 14.1. The Morgan fingerprint density at radius 3 is 2.53 bits per heavy atom. The summed E-state index contributed by atoms with van der Waals surface area (Å²) >= 11 is 0. The van der Waals surface area contributed by atoms with Crippen molar-refractivity contribution in [2.75, 3.05) is 51.2 Å². The quantitative estimate of drug-likeness (QED) is 0.326. The summed E-state index contributed by atoms with van der Waals surface area (Å²) in [4.78, 5) is 20.5. The minimum atomic E-state index is -0.436. The highest BCUT2D eigenvalue weighted by molar-refractivity contribution is 14.0. The number of amides is 1. The average Bonchev–Trinajstić information content (AvgIpc) is 2.80. The number of rotatable bonds is 6. The van der Waals surface area contributed by atoms with Crippen LogP contribution >= 0.6 is 24.0 Å². The molecule has 0 unspecified atom stereocenters. The van der Waals surface area contributed by atoms with Gasteiger partial charge >= 0.3 is 0 Å². The lowest BCUT2D eigenvalue weighted by Gasteiger charge is -2.37. The van der Waals surface area contributed by atoms with Crippen LogP contribution in [0.4, 0.5) is 14.5 Å². The second-order valence-corrected chi connectivity index (χ2v) is 7.33. The Morgan fingerprint density at radius 2 is 1.84 bits per heavy atom. The molecular formula is C23H30F2IN5O. The summed E-state index contributed by atoms with van der Waals surface area (Å²) in [6.45, 7) is 5.82. The van der Waals surface area contributed by atoms with Gasteiger partial charge in [0.05, 0.1) is 5.69 Å². The molecule has 3 rings (SSSR count). The molecule has 1 aliphatic rings. The SMILES string of the molecule is CCNC(=NCCc1cccc(C(=O)NC)c1)N1CCN(c2cc(F)ccc2F)CC1.I. The minimum absolute atomic E-state index is 0. The number of nitrogens with zero attached hydrogens (tertiary/aromatic N) is 3. The van der Waals surface area contributed by atoms with Crippen LogP contribution < -0.4 is 15.5 Å². The Balaban J connectivity index is 0.00000363. The molecule has 0 radical (unpaired) electrons. The van der Waals surface area contributed by atoms with E-state index in [0.29, 0.717) is 50.4 Å². The van der Waals surface area contributed by atoms with Crippen molar-refractivity contribution in [1.82, 2.24) is 15.5 Å². The average molecular weight is 557 g/mol. The first-order valence-electron chi connectivity index (χ1n) is 10.6. The largest absolute Gasteiger partial charge is 0.366 e. The van der Waals surface area contributed by atoms with E-state index in [1.165, 1.54) is 12.1 Å². The van der Waals surface area contributed by atoms with Crippen LogP contribution in [0, 0.1) is 11.6 Å². The summed E-state index contributed by atoms with van der Waals surface area (Å²) in [5.41, 5.74) is 1.99. The molecule has 0 aliphatic carbocycles. The number of carbonyl (C=O) groups excluding carboxylic acids is 1. The molecule has 1 aliphatic heterocycles. The van der Waals surface area contributed by atoms with Crippen LogP contribution in [0.3, 0.4) is 0 Å². The van der Waals surface area contributed by atoms with E-state index in [0.717, 1.165) is 24.1 Å². The van der Waals surface area contributed by atoms with E-state index in [1.54, 1.807) is 13.1 Å². The van der Waals surface area contributed by atoms with Crippen molar-refractivity contribution in [1.29, 1.82) is 0 Å². The van der Waals surface area contributed by atoms with Gasteiger partial charge in [0.1, 0.15) is 11.6 Å². The molecule has 174 valence electrons. The van der Waals surface area contributed by atoms with E-state index in [2.05, 4.69) is 15.5 Å². The van der Waals surface area contributed by atoms with Crippen molar-refractivity contribution < 1.29 is 13.6 Å². The highest BCUT2D eigenvalue weighted by Gasteiger charge is 2.22. The lowest BCUT2D eigenvalue weighted by atomic mass is 10.1. The normalized spacial score (nSPS) is 14.1. The number of nitrogens with one attached hydrogen (secondary N) is 2. The maximum Gasteiger partial charge on any atom is 0.251 e. The van der Waals surface area contributed by atoms with E-state index in [4.69, 9.17) is 4.99 Å². The zero-order chi connectivity index (χ0) is 22.2. The van der Waals surface area contributed by atoms with Gasteiger partial charge in [-0.15, -0.1) is 24.0 Å². The smallest absolute Gasteiger partial charge is 0.251 e. The number of piperazine rings is 1. The highest BCUT2D eigenvalue weighted by Crippen LogP contribution is 2.22. The second kappa shape index (κ2) is 12.6. The third kappa shape index (κ3) is 6.78. The van der Waals surface area contributed by atoms with Crippen molar-refractivity contribution >= 4 is 41.5 Å².